The number of hydrogen-bond donors (Lipinski definition) is 3. The highest BCUT2D eigenvalue weighted by Gasteiger charge is 2.15. The minimum absolute atomic E-state index is 0.248. The minimum atomic E-state index is -1.41. The maximum Gasteiger partial charge on any atom is 0.252 e. The van der Waals surface area contributed by atoms with Gasteiger partial charge < -0.3 is 16.2 Å². The number of nitrogens with one attached hydrogen (secondary N) is 1. The standard InChI is InChI=1S/C10H10BrClN2O3/c11-6-3-1-2-5(8(6)12)10(17)14-4-7(15)9(13)16/h1-3,7,15H,4H2,(H2,13,16)(H,14,17). The average molecular weight is 322 g/mol. The first-order valence-corrected chi connectivity index (χ1v) is 5.80. The predicted octanol–water partition coefficient (Wildman–Crippen LogP) is 0.679. The topological polar surface area (TPSA) is 92.4 Å². The summed E-state index contributed by atoms with van der Waals surface area (Å²) in [5.74, 6) is -1.39. The minimum Gasteiger partial charge on any atom is -0.381 e. The SMILES string of the molecule is NC(=O)C(O)CNC(=O)c1cccc(Br)c1Cl. The number of aliphatic hydroxyl groups is 1. The van der Waals surface area contributed by atoms with E-state index in [0.717, 1.165) is 0 Å². The van der Waals surface area contributed by atoms with E-state index in [1.165, 1.54) is 6.07 Å². The highest BCUT2D eigenvalue weighted by atomic mass is 79.9. The number of aliphatic hydroxyl groups excluding tert-OH is 1. The van der Waals surface area contributed by atoms with Crippen LogP contribution in [0.3, 0.4) is 0 Å². The third kappa shape index (κ3) is 3.69. The molecule has 1 rings (SSSR count). The first kappa shape index (κ1) is 14.0. The molecule has 0 aliphatic heterocycles. The van der Waals surface area contributed by atoms with Crippen molar-refractivity contribution < 1.29 is 14.7 Å². The van der Waals surface area contributed by atoms with Crippen molar-refractivity contribution in [3.8, 4) is 0 Å². The second kappa shape index (κ2) is 6.00. The quantitative estimate of drug-likeness (QED) is 0.761. The molecule has 1 atom stereocenters. The molecule has 0 aromatic heterocycles. The third-order valence-electron chi connectivity index (χ3n) is 1.98. The van der Waals surface area contributed by atoms with Gasteiger partial charge in [-0.15, -0.1) is 0 Å². The van der Waals surface area contributed by atoms with E-state index in [9.17, 15) is 9.59 Å². The van der Waals surface area contributed by atoms with Crippen LogP contribution in [0.2, 0.25) is 5.02 Å². The predicted molar refractivity (Wildman–Crippen MR) is 66.7 cm³/mol. The van der Waals surface area contributed by atoms with Gasteiger partial charge in [-0.05, 0) is 28.1 Å². The molecule has 0 aliphatic rings. The summed E-state index contributed by atoms with van der Waals surface area (Å²) in [7, 11) is 0. The van der Waals surface area contributed by atoms with Gasteiger partial charge in [0.15, 0.2) is 0 Å². The summed E-state index contributed by atoms with van der Waals surface area (Å²) >= 11 is 9.09. The van der Waals surface area contributed by atoms with Crippen LogP contribution in [0.15, 0.2) is 22.7 Å². The monoisotopic (exact) mass is 320 g/mol. The van der Waals surface area contributed by atoms with Crippen molar-refractivity contribution in [2.75, 3.05) is 6.54 Å². The van der Waals surface area contributed by atoms with Crippen LogP contribution in [0.4, 0.5) is 0 Å². The summed E-state index contributed by atoms with van der Waals surface area (Å²) in [4.78, 5) is 22.2. The van der Waals surface area contributed by atoms with Gasteiger partial charge >= 0.3 is 0 Å². The van der Waals surface area contributed by atoms with E-state index in [0.29, 0.717) is 4.47 Å². The zero-order valence-corrected chi connectivity index (χ0v) is 11.0. The fourth-order valence-electron chi connectivity index (χ4n) is 1.06. The number of hydrogen-bond acceptors (Lipinski definition) is 3. The molecule has 0 radical (unpaired) electrons. The molecule has 0 saturated carbocycles. The second-order valence-electron chi connectivity index (χ2n) is 3.23. The number of benzene rings is 1. The maximum atomic E-state index is 11.7. The molecule has 7 heteroatoms. The summed E-state index contributed by atoms with van der Waals surface area (Å²) in [5.41, 5.74) is 5.09. The summed E-state index contributed by atoms with van der Waals surface area (Å²) < 4.78 is 0.585. The van der Waals surface area contributed by atoms with Gasteiger partial charge in [0.1, 0.15) is 6.10 Å². The van der Waals surface area contributed by atoms with E-state index in [1.807, 2.05) is 0 Å². The number of primary amides is 1. The van der Waals surface area contributed by atoms with Gasteiger partial charge in [0.2, 0.25) is 5.91 Å². The molecule has 2 amide bonds. The molecule has 0 bridgehead atoms. The van der Waals surface area contributed by atoms with E-state index in [2.05, 4.69) is 21.2 Å². The first-order valence-electron chi connectivity index (χ1n) is 4.63. The van der Waals surface area contributed by atoms with Crippen molar-refractivity contribution in [2.45, 2.75) is 6.10 Å². The summed E-state index contributed by atoms with van der Waals surface area (Å²) in [6, 6.07) is 4.87. The largest absolute Gasteiger partial charge is 0.381 e. The third-order valence-corrected chi connectivity index (χ3v) is 3.28. The van der Waals surface area contributed by atoms with Crippen molar-refractivity contribution in [1.82, 2.24) is 5.32 Å². The molecular weight excluding hydrogens is 311 g/mol. The summed E-state index contributed by atoms with van der Waals surface area (Å²) in [6.45, 7) is -0.253. The van der Waals surface area contributed by atoms with E-state index < -0.39 is 17.9 Å². The zero-order chi connectivity index (χ0) is 13.0. The van der Waals surface area contributed by atoms with Gasteiger partial charge in [-0.3, -0.25) is 9.59 Å². The number of carbonyl (C=O) groups is 2. The van der Waals surface area contributed by atoms with E-state index in [1.54, 1.807) is 12.1 Å². The second-order valence-corrected chi connectivity index (χ2v) is 4.46. The van der Waals surface area contributed by atoms with Gasteiger partial charge in [0.05, 0.1) is 17.1 Å². The molecule has 0 fully saturated rings. The maximum absolute atomic E-state index is 11.7. The lowest BCUT2D eigenvalue weighted by Crippen LogP contribution is -2.40. The molecule has 4 N–H and O–H groups in total. The highest BCUT2D eigenvalue weighted by Crippen LogP contribution is 2.25. The van der Waals surface area contributed by atoms with Gasteiger partial charge in [-0.1, -0.05) is 17.7 Å². The Hall–Kier alpha value is -1.11. The van der Waals surface area contributed by atoms with Gasteiger partial charge in [-0.25, -0.2) is 0 Å². The van der Waals surface area contributed by atoms with E-state index >= 15 is 0 Å². The van der Waals surface area contributed by atoms with Gasteiger partial charge in [0, 0.05) is 4.47 Å². The molecule has 5 nitrogen and oxygen atoms in total. The number of carbonyl (C=O) groups excluding carboxylic acids is 2. The van der Waals surface area contributed by atoms with Crippen LogP contribution in [0.25, 0.3) is 0 Å². The molecule has 0 aliphatic carbocycles. The fourth-order valence-corrected chi connectivity index (χ4v) is 1.64. The van der Waals surface area contributed by atoms with Crippen LogP contribution in [-0.2, 0) is 4.79 Å². The fraction of sp³-hybridized carbons (Fsp3) is 0.200. The van der Waals surface area contributed by atoms with Crippen LogP contribution in [0.1, 0.15) is 10.4 Å². The molecule has 92 valence electrons. The lowest BCUT2D eigenvalue weighted by atomic mass is 10.2. The highest BCUT2D eigenvalue weighted by molar-refractivity contribution is 9.10. The normalized spacial score (nSPS) is 11.9. The Kier molecular flexibility index (Phi) is 4.92. The molecule has 1 aromatic carbocycles. The van der Waals surface area contributed by atoms with Crippen LogP contribution in [-0.4, -0.2) is 29.6 Å². The Morgan fingerprint density at radius 3 is 2.76 bits per heavy atom. The van der Waals surface area contributed by atoms with Gasteiger partial charge in [-0.2, -0.15) is 0 Å². The number of amides is 2. The molecular formula is C10H10BrClN2O3. The Balaban J connectivity index is 2.71. The van der Waals surface area contributed by atoms with Crippen molar-refractivity contribution in [2.24, 2.45) is 5.73 Å². The lowest BCUT2D eigenvalue weighted by Gasteiger charge is -2.09. The van der Waals surface area contributed by atoms with Gasteiger partial charge in [0.25, 0.3) is 5.91 Å². The Bertz CT molecular complexity index is 453. The summed E-state index contributed by atoms with van der Waals surface area (Å²) in [6.07, 6.45) is -1.41. The number of rotatable bonds is 4. The lowest BCUT2D eigenvalue weighted by molar-refractivity contribution is -0.125. The van der Waals surface area contributed by atoms with E-state index in [4.69, 9.17) is 22.4 Å². The van der Waals surface area contributed by atoms with Crippen LogP contribution >= 0.6 is 27.5 Å². The Morgan fingerprint density at radius 1 is 1.53 bits per heavy atom. The summed E-state index contributed by atoms with van der Waals surface area (Å²) in [5, 5.41) is 11.7. The molecule has 1 aromatic rings. The molecule has 0 saturated heterocycles. The van der Waals surface area contributed by atoms with Crippen molar-refractivity contribution in [3.63, 3.8) is 0 Å². The van der Waals surface area contributed by atoms with Crippen LogP contribution in [0.5, 0.6) is 0 Å². The number of nitrogens with two attached hydrogens (primary N) is 1. The number of halogens is 2. The smallest absolute Gasteiger partial charge is 0.252 e. The average Bonchev–Trinajstić information content (AvgIpc) is 2.29. The van der Waals surface area contributed by atoms with Crippen molar-refractivity contribution in [3.05, 3.63) is 33.3 Å². The first-order chi connectivity index (χ1) is 7.93. The van der Waals surface area contributed by atoms with E-state index in [-0.39, 0.29) is 17.1 Å². The molecule has 17 heavy (non-hydrogen) atoms. The Morgan fingerprint density at radius 2 is 2.18 bits per heavy atom. The Labute approximate surface area is 111 Å². The van der Waals surface area contributed by atoms with Crippen LogP contribution in [0, 0.1) is 0 Å². The molecule has 0 spiro atoms. The van der Waals surface area contributed by atoms with Crippen molar-refractivity contribution in [1.29, 1.82) is 0 Å². The zero-order valence-electron chi connectivity index (χ0n) is 8.61. The molecule has 1 unspecified atom stereocenters. The van der Waals surface area contributed by atoms with Crippen LogP contribution < -0.4 is 11.1 Å². The molecule has 0 heterocycles. The van der Waals surface area contributed by atoms with Crippen molar-refractivity contribution >= 4 is 39.3 Å².